The van der Waals surface area contributed by atoms with Crippen molar-refractivity contribution in [2.45, 2.75) is 32.6 Å². The number of hydrogen-bond donors (Lipinski definition) is 2. The Bertz CT molecular complexity index is 2170. The smallest absolute Gasteiger partial charge is 0.242 e. The molecule has 2 saturated heterocycles. The number of hydrogen-bond acceptors (Lipinski definition) is 8. The van der Waals surface area contributed by atoms with Crippen LogP contribution in [0.3, 0.4) is 0 Å². The summed E-state index contributed by atoms with van der Waals surface area (Å²) in [6.07, 6.45) is 2.59. The normalized spacial score (nSPS) is 28.0. The molecule has 4 amide bonds. The number of phenols is 1. The zero-order valence-corrected chi connectivity index (χ0v) is 30.1. The van der Waals surface area contributed by atoms with E-state index in [0.717, 1.165) is 26.1 Å². The molecule has 2 aromatic carbocycles. The highest BCUT2D eigenvalue weighted by Gasteiger charge is 2.67. The van der Waals surface area contributed by atoms with Crippen molar-refractivity contribution in [3.05, 3.63) is 67.8 Å². The number of thiophene rings is 1. The number of amides is 4. The predicted molar refractivity (Wildman–Crippen MR) is 189 cm³/mol. The number of anilines is 1. The van der Waals surface area contributed by atoms with Gasteiger partial charge >= 0.3 is 0 Å². The number of carbonyl (C=O) groups is 4. The van der Waals surface area contributed by atoms with Crippen LogP contribution in [0.5, 0.6) is 11.5 Å². The molecule has 0 spiro atoms. The Balaban J connectivity index is 1.27. The Morgan fingerprint density at radius 3 is 2.65 bits per heavy atom. The molecule has 246 valence electrons. The summed E-state index contributed by atoms with van der Waals surface area (Å²) in [5.74, 6) is -3.80. The molecule has 4 aromatic rings. The number of fused-ring (bicyclic) bond motifs is 5. The predicted octanol–water partition coefficient (Wildman–Crippen LogP) is 6.10. The Labute approximate surface area is 298 Å². The van der Waals surface area contributed by atoms with Crippen molar-refractivity contribution in [3.8, 4) is 22.1 Å². The lowest BCUT2D eigenvalue weighted by molar-refractivity contribution is -0.131. The molecule has 0 radical (unpaired) electrons. The minimum absolute atomic E-state index is 0.0222. The van der Waals surface area contributed by atoms with Gasteiger partial charge in [-0.25, -0.2) is 4.90 Å². The van der Waals surface area contributed by atoms with Crippen LogP contribution in [0.4, 0.5) is 5.82 Å². The summed E-state index contributed by atoms with van der Waals surface area (Å²) in [4.78, 5) is 57.7. The zero-order valence-electron chi connectivity index (χ0n) is 26.3. The van der Waals surface area contributed by atoms with Crippen LogP contribution < -0.4 is 15.0 Å². The van der Waals surface area contributed by atoms with Crippen molar-refractivity contribution in [2.24, 2.45) is 36.1 Å². The molecule has 10 nitrogen and oxygen atoms in total. The maximum atomic E-state index is 14.9. The second-order valence-corrected chi connectivity index (χ2v) is 15.9. The van der Waals surface area contributed by atoms with Crippen molar-refractivity contribution in [1.29, 1.82) is 0 Å². The molecule has 1 saturated carbocycles. The molecule has 6 atom stereocenters. The lowest BCUT2D eigenvalue weighted by Crippen LogP contribution is -2.48. The first kappa shape index (κ1) is 31.5. The number of nitrogens with one attached hydrogen (secondary N) is 1. The lowest BCUT2D eigenvalue weighted by Gasteiger charge is -2.49. The van der Waals surface area contributed by atoms with Crippen molar-refractivity contribution in [1.82, 2.24) is 15.1 Å². The highest BCUT2D eigenvalue weighted by atomic mass is 127. The van der Waals surface area contributed by atoms with Gasteiger partial charge in [0.1, 0.15) is 11.5 Å². The monoisotopic (exact) mass is 796 g/mol. The number of rotatable bonds is 4. The first-order valence-electron chi connectivity index (χ1n) is 15.6. The van der Waals surface area contributed by atoms with Gasteiger partial charge in [-0.2, -0.15) is 5.10 Å². The highest BCUT2D eigenvalue weighted by Crippen LogP contribution is 2.63. The van der Waals surface area contributed by atoms with Gasteiger partial charge in [0.25, 0.3) is 0 Å². The summed E-state index contributed by atoms with van der Waals surface area (Å²) in [6.45, 7) is 3.83. The topological polar surface area (TPSA) is 131 Å². The summed E-state index contributed by atoms with van der Waals surface area (Å²) < 4.78 is 8.65. The first-order chi connectivity index (χ1) is 22.8. The van der Waals surface area contributed by atoms with Crippen LogP contribution in [-0.2, 0) is 26.2 Å². The lowest BCUT2D eigenvalue weighted by atomic mass is 9.51. The molecule has 0 bridgehead atoms. The summed E-state index contributed by atoms with van der Waals surface area (Å²) in [6, 6.07) is 11.0. The number of methoxy groups -OCH3 is 1. The fraction of sp³-hybridized carbons (Fsp3) is 0.343. The SMILES string of the molecule is COc1cc([C@H]2C3=CC[C@@H]4C(=O)NC(=O)[C@@H]4[C@@H]3C[C@H]3C(=O)N(c4cc(-c5sc6ccc(Cl)cc6c5C)nn4C)C(=O)[C@@]23C)cc(I)c1O. The third-order valence-electron chi connectivity index (χ3n) is 10.9. The van der Waals surface area contributed by atoms with E-state index in [1.165, 1.54) is 12.0 Å². The second kappa shape index (κ2) is 10.9. The maximum absolute atomic E-state index is 14.9. The van der Waals surface area contributed by atoms with E-state index in [1.807, 2.05) is 60.7 Å². The van der Waals surface area contributed by atoms with Crippen LogP contribution in [0.15, 0.2) is 48.0 Å². The minimum atomic E-state index is -1.24. The molecule has 13 heteroatoms. The molecule has 0 unspecified atom stereocenters. The number of halogens is 2. The number of allylic oxidation sites excluding steroid dienone is 2. The van der Waals surface area contributed by atoms with E-state index in [2.05, 4.69) is 5.32 Å². The van der Waals surface area contributed by atoms with Gasteiger partial charge in [0.15, 0.2) is 11.5 Å². The minimum Gasteiger partial charge on any atom is -0.504 e. The van der Waals surface area contributed by atoms with Crippen LogP contribution in [0.1, 0.15) is 36.8 Å². The molecule has 3 fully saturated rings. The molecule has 2 N–H and O–H groups in total. The molecule has 2 aliphatic heterocycles. The summed E-state index contributed by atoms with van der Waals surface area (Å²) in [7, 11) is 3.18. The van der Waals surface area contributed by atoms with Crippen LogP contribution in [0, 0.1) is 39.6 Å². The first-order valence-corrected chi connectivity index (χ1v) is 17.8. The number of imide groups is 2. The van der Waals surface area contributed by atoms with E-state index in [0.29, 0.717) is 32.1 Å². The summed E-state index contributed by atoms with van der Waals surface area (Å²) in [5.41, 5.74) is 1.95. The molecule has 48 heavy (non-hydrogen) atoms. The average molecular weight is 797 g/mol. The van der Waals surface area contributed by atoms with E-state index in [1.54, 1.807) is 41.3 Å². The number of aromatic hydroxyl groups is 1. The second-order valence-electron chi connectivity index (χ2n) is 13.3. The highest BCUT2D eigenvalue weighted by molar-refractivity contribution is 14.1. The average Bonchev–Trinajstić information content (AvgIpc) is 3.73. The van der Waals surface area contributed by atoms with Crippen molar-refractivity contribution < 1.29 is 29.0 Å². The number of ether oxygens (including phenoxy) is 1. The zero-order chi connectivity index (χ0) is 34.0. The largest absolute Gasteiger partial charge is 0.504 e. The summed E-state index contributed by atoms with van der Waals surface area (Å²) >= 11 is 9.88. The van der Waals surface area contributed by atoms with E-state index in [-0.39, 0.29) is 41.5 Å². The molecular weight excluding hydrogens is 767 g/mol. The Morgan fingerprint density at radius 2 is 1.90 bits per heavy atom. The van der Waals surface area contributed by atoms with Gasteiger partial charge in [0, 0.05) is 28.8 Å². The van der Waals surface area contributed by atoms with Gasteiger partial charge < -0.3 is 9.84 Å². The third kappa shape index (κ3) is 4.24. The number of benzene rings is 2. The molecule has 2 aliphatic carbocycles. The van der Waals surface area contributed by atoms with Crippen molar-refractivity contribution in [2.75, 3.05) is 12.0 Å². The Morgan fingerprint density at radius 1 is 1.12 bits per heavy atom. The molecule has 4 heterocycles. The van der Waals surface area contributed by atoms with E-state index in [9.17, 15) is 24.3 Å². The van der Waals surface area contributed by atoms with Gasteiger partial charge in [-0.1, -0.05) is 23.3 Å². The number of phenolic OH excluding ortho intramolecular Hbond substituents is 1. The van der Waals surface area contributed by atoms with Crippen LogP contribution >= 0.6 is 45.5 Å². The quantitative estimate of drug-likeness (QED) is 0.145. The molecule has 8 rings (SSSR count). The molecule has 4 aliphatic rings. The number of aryl methyl sites for hydroxylation is 2. The van der Waals surface area contributed by atoms with Crippen LogP contribution in [0.25, 0.3) is 20.7 Å². The number of carbonyl (C=O) groups excluding carboxylic acids is 4. The van der Waals surface area contributed by atoms with Crippen molar-refractivity contribution >= 4 is 85.1 Å². The van der Waals surface area contributed by atoms with Gasteiger partial charge in [0.2, 0.25) is 23.6 Å². The Hall–Kier alpha value is -3.75. The van der Waals surface area contributed by atoms with Gasteiger partial charge in [-0.05, 0) is 102 Å². The van der Waals surface area contributed by atoms with E-state index in [4.69, 9.17) is 21.4 Å². The Kier molecular flexibility index (Phi) is 7.14. The summed E-state index contributed by atoms with van der Waals surface area (Å²) in [5, 5.41) is 19.6. The standard InChI is InChI=1S/C35H30ClIN4O6S/c1-14-19-11-16(36)5-8-25(19)48-30(14)23-13-26(40(3)39-23)41-33(45)21-12-20-17(6-7-18-27(20)32(44)38-31(18)43)28(35(21,2)34(41)46)15-9-22(37)29(42)24(10-15)47-4/h5-6,8-11,13,18,20-21,27-28,42H,7,12H2,1-4H3,(H,38,43,44)/t18-,20+,21-,27-,28-,35+/m0/s1. The van der Waals surface area contributed by atoms with Crippen LogP contribution in [-0.4, -0.2) is 45.6 Å². The maximum Gasteiger partial charge on any atom is 0.242 e. The van der Waals surface area contributed by atoms with Gasteiger partial charge in [0.05, 0.1) is 38.7 Å². The van der Waals surface area contributed by atoms with Gasteiger partial charge in [-0.15, -0.1) is 11.3 Å². The third-order valence-corrected chi connectivity index (χ3v) is 13.3. The molecular formula is C35H30ClIN4O6S. The fourth-order valence-electron chi connectivity index (χ4n) is 8.66. The number of aromatic nitrogens is 2. The van der Waals surface area contributed by atoms with Crippen LogP contribution in [0.2, 0.25) is 5.02 Å². The van der Waals surface area contributed by atoms with E-state index >= 15 is 0 Å². The number of nitrogens with zero attached hydrogens (tertiary/aromatic N) is 3. The van der Waals surface area contributed by atoms with Gasteiger partial charge in [-0.3, -0.25) is 29.2 Å². The fourth-order valence-corrected chi connectivity index (χ4v) is 10.6. The van der Waals surface area contributed by atoms with Crippen molar-refractivity contribution in [3.63, 3.8) is 0 Å². The molecule has 2 aromatic heterocycles. The van der Waals surface area contributed by atoms with E-state index < -0.39 is 35.0 Å².